The summed E-state index contributed by atoms with van der Waals surface area (Å²) in [4.78, 5) is 0. The first-order valence-electron chi connectivity index (χ1n) is 6.70. The van der Waals surface area contributed by atoms with Crippen LogP contribution in [0.3, 0.4) is 0 Å². The van der Waals surface area contributed by atoms with Gasteiger partial charge in [-0.25, -0.2) is 12.7 Å². The predicted octanol–water partition coefficient (Wildman–Crippen LogP) is 1.03. The Balaban J connectivity index is 2.38. The lowest BCUT2D eigenvalue weighted by Crippen LogP contribution is -2.21. The van der Waals surface area contributed by atoms with Gasteiger partial charge >= 0.3 is 0 Å². The van der Waals surface area contributed by atoms with Crippen molar-refractivity contribution in [3.8, 4) is 0 Å². The van der Waals surface area contributed by atoms with Crippen LogP contribution in [0.1, 0.15) is 25.5 Å². The number of rotatable bonds is 9. The fourth-order valence-electron chi connectivity index (χ4n) is 1.65. The summed E-state index contributed by atoms with van der Waals surface area (Å²) in [6.07, 6.45) is 1.92. The van der Waals surface area contributed by atoms with Crippen LogP contribution in [0.5, 0.6) is 0 Å². The van der Waals surface area contributed by atoms with Crippen molar-refractivity contribution in [2.45, 2.75) is 31.4 Å². The van der Waals surface area contributed by atoms with E-state index in [9.17, 15) is 8.42 Å². The molecule has 1 heterocycles. The van der Waals surface area contributed by atoms with E-state index in [4.69, 9.17) is 9.52 Å². The highest BCUT2D eigenvalue weighted by molar-refractivity contribution is 7.88. The summed E-state index contributed by atoms with van der Waals surface area (Å²) in [6, 6.07) is 3.14. The molecule has 1 aromatic rings. The largest absolute Gasteiger partial charge is 0.447 e. The molecule has 1 aromatic heterocycles. The van der Waals surface area contributed by atoms with Crippen LogP contribution in [0.2, 0.25) is 0 Å². The third kappa shape index (κ3) is 4.90. The summed E-state index contributed by atoms with van der Waals surface area (Å²) in [5, 5.41) is 12.1. The molecule has 0 saturated heterocycles. The highest BCUT2D eigenvalue weighted by Gasteiger charge is 2.21. The smallest absolute Gasteiger partial charge is 0.275 e. The summed E-state index contributed by atoms with van der Waals surface area (Å²) >= 11 is 0. The molecular formula is C13H24N2O4S. The molecule has 1 unspecified atom stereocenters. The van der Waals surface area contributed by atoms with Crippen molar-refractivity contribution in [3.05, 3.63) is 17.9 Å². The Morgan fingerprint density at radius 3 is 2.70 bits per heavy atom. The van der Waals surface area contributed by atoms with Gasteiger partial charge in [-0.3, -0.25) is 0 Å². The zero-order valence-electron chi connectivity index (χ0n) is 12.3. The Bertz CT molecular complexity index is 496. The maximum atomic E-state index is 11.8. The number of aliphatic hydroxyl groups is 1. The first-order valence-corrected chi connectivity index (χ1v) is 8.14. The van der Waals surface area contributed by atoms with E-state index < -0.39 is 10.0 Å². The van der Waals surface area contributed by atoms with Crippen molar-refractivity contribution < 1.29 is 17.9 Å². The van der Waals surface area contributed by atoms with Crippen LogP contribution >= 0.6 is 0 Å². The minimum Gasteiger partial charge on any atom is -0.447 e. The van der Waals surface area contributed by atoms with E-state index >= 15 is 0 Å². The summed E-state index contributed by atoms with van der Waals surface area (Å²) in [5.74, 6) is 0.915. The molecule has 6 nitrogen and oxygen atoms in total. The Morgan fingerprint density at radius 1 is 1.40 bits per heavy atom. The van der Waals surface area contributed by atoms with Gasteiger partial charge in [-0.2, -0.15) is 0 Å². The van der Waals surface area contributed by atoms with Crippen LogP contribution in [0.4, 0.5) is 0 Å². The molecule has 0 radical (unpaired) electrons. The molecule has 0 aliphatic rings. The van der Waals surface area contributed by atoms with Crippen LogP contribution in [0, 0.1) is 5.92 Å². The van der Waals surface area contributed by atoms with E-state index in [0.717, 1.165) is 23.7 Å². The fraction of sp³-hybridized carbons (Fsp3) is 0.692. The van der Waals surface area contributed by atoms with Crippen LogP contribution in [0.25, 0.3) is 0 Å². The average molecular weight is 304 g/mol. The third-order valence-electron chi connectivity index (χ3n) is 3.03. The lowest BCUT2D eigenvalue weighted by Gasteiger charge is -2.08. The lowest BCUT2D eigenvalue weighted by atomic mass is 10.1. The van der Waals surface area contributed by atoms with Gasteiger partial charge in [0.25, 0.3) is 10.0 Å². The zero-order chi connectivity index (χ0) is 15.2. The molecule has 0 amide bonds. The second kappa shape index (κ2) is 7.78. The second-order valence-corrected chi connectivity index (χ2v) is 7.20. The molecule has 116 valence electrons. The van der Waals surface area contributed by atoms with E-state index in [0.29, 0.717) is 18.2 Å². The minimum absolute atomic E-state index is 0.0341. The molecule has 0 fully saturated rings. The molecule has 0 bridgehead atoms. The van der Waals surface area contributed by atoms with Gasteiger partial charge in [0.2, 0.25) is 5.09 Å². The van der Waals surface area contributed by atoms with E-state index in [2.05, 4.69) is 5.32 Å². The van der Waals surface area contributed by atoms with Crippen molar-refractivity contribution in [1.82, 2.24) is 9.62 Å². The number of nitrogens with zero attached hydrogens (tertiary/aromatic N) is 1. The molecule has 0 spiro atoms. The first kappa shape index (κ1) is 17.2. The second-order valence-electron chi connectivity index (χ2n) is 5.11. The third-order valence-corrected chi connectivity index (χ3v) is 4.72. The Hall–Kier alpha value is -0.890. The lowest BCUT2D eigenvalue weighted by molar-refractivity contribution is 0.228. The molecular weight excluding hydrogens is 280 g/mol. The number of aliphatic hydroxyl groups excluding tert-OH is 1. The van der Waals surface area contributed by atoms with Crippen LogP contribution in [0.15, 0.2) is 21.6 Å². The van der Waals surface area contributed by atoms with Gasteiger partial charge in [0.15, 0.2) is 0 Å². The maximum Gasteiger partial charge on any atom is 0.275 e. The first-order chi connectivity index (χ1) is 9.37. The Kier molecular flexibility index (Phi) is 6.67. The summed E-state index contributed by atoms with van der Waals surface area (Å²) in [7, 11) is -0.554. The number of furan rings is 1. The summed E-state index contributed by atoms with van der Waals surface area (Å²) in [6.45, 7) is 3.52. The number of hydrogen-bond donors (Lipinski definition) is 2. The maximum absolute atomic E-state index is 11.8. The van der Waals surface area contributed by atoms with Crippen LogP contribution in [-0.2, 0) is 16.6 Å². The van der Waals surface area contributed by atoms with E-state index in [1.54, 1.807) is 6.07 Å². The predicted molar refractivity (Wildman–Crippen MR) is 76.8 cm³/mol. The van der Waals surface area contributed by atoms with Gasteiger partial charge < -0.3 is 14.8 Å². The molecule has 0 aliphatic heterocycles. The quantitative estimate of drug-likeness (QED) is 0.666. The highest BCUT2D eigenvalue weighted by Crippen LogP contribution is 2.16. The Morgan fingerprint density at radius 2 is 2.10 bits per heavy atom. The highest BCUT2D eigenvalue weighted by atomic mass is 32.2. The molecule has 0 aromatic carbocycles. The van der Waals surface area contributed by atoms with Crippen molar-refractivity contribution in [2.75, 3.05) is 27.2 Å². The molecule has 2 N–H and O–H groups in total. The van der Waals surface area contributed by atoms with Gasteiger partial charge in [-0.05, 0) is 37.4 Å². The van der Waals surface area contributed by atoms with Crippen molar-refractivity contribution >= 4 is 10.0 Å². The summed E-state index contributed by atoms with van der Waals surface area (Å²) < 4.78 is 30.1. The van der Waals surface area contributed by atoms with E-state index in [1.165, 1.54) is 20.2 Å². The normalized spacial score (nSPS) is 13.8. The topological polar surface area (TPSA) is 82.8 Å². The average Bonchev–Trinajstić information content (AvgIpc) is 2.87. The van der Waals surface area contributed by atoms with Crippen LogP contribution < -0.4 is 5.32 Å². The van der Waals surface area contributed by atoms with Crippen molar-refractivity contribution in [2.24, 2.45) is 5.92 Å². The van der Waals surface area contributed by atoms with Crippen LogP contribution in [-0.4, -0.2) is 45.1 Å². The SMILES string of the molecule is CC(CO)CCCNCc1ccc(S(=O)(=O)N(C)C)o1. The molecule has 20 heavy (non-hydrogen) atoms. The number of sulfonamides is 1. The van der Waals surface area contributed by atoms with Gasteiger partial charge in [0.05, 0.1) is 6.54 Å². The monoisotopic (exact) mass is 304 g/mol. The fourth-order valence-corrected chi connectivity index (χ4v) is 2.46. The van der Waals surface area contributed by atoms with E-state index in [1.807, 2.05) is 6.92 Å². The van der Waals surface area contributed by atoms with Crippen molar-refractivity contribution in [1.29, 1.82) is 0 Å². The molecule has 1 rings (SSSR count). The molecule has 0 aliphatic carbocycles. The van der Waals surface area contributed by atoms with Crippen molar-refractivity contribution in [3.63, 3.8) is 0 Å². The molecule has 1 atom stereocenters. The summed E-state index contributed by atoms with van der Waals surface area (Å²) in [5.41, 5.74) is 0. The zero-order valence-corrected chi connectivity index (χ0v) is 13.1. The number of hydrogen-bond acceptors (Lipinski definition) is 5. The standard InChI is InChI=1S/C13H24N2O4S/c1-11(10-16)5-4-8-14-9-12-6-7-13(19-12)20(17,18)15(2)3/h6-7,11,14,16H,4-5,8-10H2,1-3H3. The Labute approximate surface area is 120 Å². The van der Waals surface area contributed by atoms with Gasteiger partial charge in [0, 0.05) is 20.7 Å². The van der Waals surface area contributed by atoms with E-state index in [-0.39, 0.29) is 11.7 Å². The van der Waals surface area contributed by atoms with Gasteiger partial charge in [0.1, 0.15) is 5.76 Å². The van der Waals surface area contributed by atoms with Gasteiger partial charge in [-0.15, -0.1) is 0 Å². The molecule has 0 saturated carbocycles. The number of nitrogens with one attached hydrogen (secondary N) is 1. The molecule has 7 heteroatoms. The van der Waals surface area contributed by atoms with Gasteiger partial charge in [-0.1, -0.05) is 6.92 Å². The minimum atomic E-state index is -3.49.